The first-order chi connectivity index (χ1) is 14.0. The lowest BCUT2D eigenvalue weighted by atomic mass is 10.1. The smallest absolute Gasteiger partial charge is 0.410 e. The molecular weight excluding hydrogens is 374 g/mol. The Bertz CT molecular complexity index is 1130. The number of carboxylic acids is 1. The molecule has 1 aromatic carbocycles. The number of anilines is 1. The number of hydrogen-bond donors (Lipinski definition) is 1. The molecule has 9 nitrogen and oxygen atoms in total. The minimum atomic E-state index is -1.09. The molecule has 1 unspecified atom stereocenters. The Balaban J connectivity index is 1.66. The number of fused-ring (bicyclic) bond motifs is 2. The van der Waals surface area contributed by atoms with Gasteiger partial charge in [-0.15, -0.1) is 0 Å². The molecule has 2 aromatic heterocycles. The maximum absolute atomic E-state index is 11.8. The molecule has 0 aliphatic carbocycles. The van der Waals surface area contributed by atoms with E-state index in [2.05, 4.69) is 15.0 Å². The second-order valence-electron chi connectivity index (χ2n) is 7.23. The Labute approximate surface area is 166 Å². The van der Waals surface area contributed by atoms with Gasteiger partial charge in [0, 0.05) is 19.6 Å². The zero-order valence-electron chi connectivity index (χ0n) is 15.8. The molecule has 2 fully saturated rings. The van der Waals surface area contributed by atoms with E-state index in [1.165, 1.54) is 0 Å². The lowest BCUT2D eigenvalue weighted by Gasteiger charge is -2.37. The Morgan fingerprint density at radius 1 is 1.24 bits per heavy atom. The van der Waals surface area contributed by atoms with Gasteiger partial charge in [-0.2, -0.15) is 5.10 Å². The lowest BCUT2D eigenvalue weighted by molar-refractivity contribution is 0.0691. The number of aryl methyl sites for hydroxylation is 1. The van der Waals surface area contributed by atoms with Crippen molar-refractivity contribution >= 4 is 28.8 Å². The summed E-state index contributed by atoms with van der Waals surface area (Å²) in [7, 11) is 0. The molecule has 2 aliphatic heterocycles. The number of carbonyl (C=O) groups is 2. The maximum Gasteiger partial charge on any atom is 0.410 e. The van der Waals surface area contributed by atoms with Crippen LogP contribution >= 0.6 is 0 Å². The van der Waals surface area contributed by atoms with Gasteiger partial charge in [-0.1, -0.05) is 18.2 Å². The summed E-state index contributed by atoms with van der Waals surface area (Å²) < 4.78 is 6.84. The van der Waals surface area contributed by atoms with Gasteiger partial charge in [0.15, 0.2) is 11.3 Å². The number of carbonyl (C=O) groups excluding carboxylic acids is 1. The van der Waals surface area contributed by atoms with E-state index in [-0.39, 0.29) is 17.8 Å². The number of ether oxygens (including phenoxy) is 1. The summed E-state index contributed by atoms with van der Waals surface area (Å²) in [6.45, 7) is 3.92. The molecule has 1 atom stereocenters. The number of piperazine rings is 1. The topological polar surface area (TPSA) is 101 Å². The summed E-state index contributed by atoms with van der Waals surface area (Å²) in [5, 5.41) is 15.1. The first-order valence-electron chi connectivity index (χ1n) is 9.40. The van der Waals surface area contributed by atoms with E-state index in [1.54, 1.807) is 15.6 Å². The number of cyclic esters (lactones) is 1. The van der Waals surface area contributed by atoms with Crippen LogP contribution in [0.25, 0.3) is 16.7 Å². The normalized spacial score (nSPS) is 18.8. The molecule has 148 valence electrons. The SMILES string of the molecule is Cc1nn(-c2ccccc2)c2nc(C(=O)O)cc(N3CCN4C(=O)OCC4C3)c12. The van der Waals surface area contributed by atoms with Gasteiger partial charge in [-0.3, -0.25) is 4.90 Å². The molecule has 9 heteroatoms. The molecule has 29 heavy (non-hydrogen) atoms. The van der Waals surface area contributed by atoms with Gasteiger partial charge in [0.25, 0.3) is 0 Å². The summed E-state index contributed by atoms with van der Waals surface area (Å²) in [5.41, 5.74) is 2.82. The van der Waals surface area contributed by atoms with Gasteiger partial charge in [0.05, 0.1) is 28.5 Å². The molecule has 1 N–H and O–H groups in total. The summed E-state index contributed by atoms with van der Waals surface area (Å²) in [6, 6.07) is 11.1. The van der Waals surface area contributed by atoms with Crippen molar-refractivity contribution in [2.45, 2.75) is 13.0 Å². The summed E-state index contributed by atoms with van der Waals surface area (Å²) in [4.78, 5) is 31.8. The third-order valence-corrected chi connectivity index (χ3v) is 5.47. The van der Waals surface area contributed by atoms with E-state index < -0.39 is 5.97 Å². The van der Waals surface area contributed by atoms with E-state index in [0.717, 1.165) is 22.5 Å². The maximum atomic E-state index is 11.8. The number of amides is 1. The van der Waals surface area contributed by atoms with E-state index >= 15 is 0 Å². The number of hydrogen-bond acceptors (Lipinski definition) is 6. The highest BCUT2D eigenvalue weighted by Gasteiger charge is 2.38. The summed E-state index contributed by atoms with van der Waals surface area (Å²) in [5.74, 6) is -1.09. The average molecular weight is 393 g/mol. The molecule has 0 saturated carbocycles. The third-order valence-electron chi connectivity index (χ3n) is 5.47. The van der Waals surface area contributed by atoms with Gasteiger partial charge in [-0.05, 0) is 25.1 Å². The van der Waals surface area contributed by atoms with Crippen molar-refractivity contribution in [1.29, 1.82) is 0 Å². The molecule has 2 saturated heterocycles. The largest absolute Gasteiger partial charge is 0.477 e. The van der Waals surface area contributed by atoms with Gasteiger partial charge >= 0.3 is 12.1 Å². The van der Waals surface area contributed by atoms with Crippen molar-refractivity contribution in [3.8, 4) is 5.69 Å². The number of nitrogens with zero attached hydrogens (tertiary/aromatic N) is 5. The summed E-state index contributed by atoms with van der Waals surface area (Å²) >= 11 is 0. The van der Waals surface area contributed by atoms with Crippen LogP contribution in [0.5, 0.6) is 0 Å². The number of para-hydroxylation sites is 1. The Morgan fingerprint density at radius 2 is 2.03 bits per heavy atom. The average Bonchev–Trinajstić information content (AvgIpc) is 3.28. The minimum Gasteiger partial charge on any atom is -0.477 e. The van der Waals surface area contributed by atoms with Crippen molar-refractivity contribution < 1.29 is 19.4 Å². The fourth-order valence-electron chi connectivity index (χ4n) is 4.08. The Hall–Kier alpha value is -3.62. The van der Waals surface area contributed by atoms with E-state index in [9.17, 15) is 14.7 Å². The standard InChI is InChI=1S/C20H19N5O4/c1-12-17-16(23-7-8-24-14(10-23)11-29-20(24)28)9-15(19(26)27)21-18(17)25(22-12)13-5-3-2-4-6-13/h2-6,9,14H,7-8,10-11H2,1H3,(H,26,27). The highest BCUT2D eigenvalue weighted by molar-refractivity contribution is 5.98. The first kappa shape index (κ1) is 17.5. The number of aromatic carboxylic acids is 1. The zero-order chi connectivity index (χ0) is 20.1. The van der Waals surface area contributed by atoms with Crippen LogP contribution in [0.4, 0.5) is 10.5 Å². The van der Waals surface area contributed by atoms with Crippen molar-refractivity contribution in [2.24, 2.45) is 0 Å². The predicted octanol–water partition coefficient (Wildman–Crippen LogP) is 2.07. The third kappa shape index (κ3) is 2.77. The van der Waals surface area contributed by atoms with Crippen LogP contribution in [0.15, 0.2) is 36.4 Å². The Morgan fingerprint density at radius 3 is 2.79 bits per heavy atom. The van der Waals surface area contributed by atoms with Crippen molar-refractivity contribution in [2.75, 3.05) is 31.1 Å². The van der Waals surface area contributed by atoms with Crippen molar-refractivity contribution in [3.05, 3.63) is 47.8 Å². The van der Waals surface area contributed by atoms with Crippen LogP contribution in [-0.4, -0.2) is 69.1 Å². The van der Waals surface area contributed by atoms with Gasteiger partial charge in [-0.25, -0.2) is 19.3 Å². The van der Waals surface area contributed by atoms with Crippen molar-refractivity contribution in [1.82, 2.24) is 19.7 Å². The van der Waals surface area contributed by atoms with E-state index in [1.807, 2.05) is 37.3 Å². The fourth-order valence-corrected chi connectivity index (χ4v) is 4.08. The van der Waals surface area contributed by atoms with Crippen LogP contribution < -0.4 is 4.90 Å². The number of rotatable bonds is 3. The quantitative estimate of drug-likeness (QED) is 0.727. The molecule has 1 amide bonds. The highest BCUT2D eigenvalue weighted by atomic mass is 16.6. The second kappa shape index (κ2) is 6.47. The minimum absolute atomic E-state index is 0.0363. The molecule has 2 aliphatic rings. The number of benzene rings is 1. The number of pyridine rings is 1. The highest BCUT2D eigenvalue weighted by Crippen LogP contribution is 2.33. The van der Waals surface area contributed by atoms with Crippen molar-refractivity contribution in [3.63, 3.8) is 0 Å². The molecule has 0 radical (unpaired) electrons. The van der Waals surface area contributed by atoms with Gasteiger partial charge in [0.2, 0.25) is 0 Å². The van der Waals surface area contributed by atoms with E-state index in [4.69, 9.17) is 4.74 Å². The van der Waals surface area contributed by atoms with E-state index in [0.29, 0.717) is 31.9 Å². The van der Waals surface area contributed by atoms with Crippen LogP contribution in [0, 0.1) is 6.92 Å². The van der Waals surface area contributed by atoms with Crippen LogP contribution in [0.3, 0.4) is 0 Å². The van der Waals surface area contributed by atoms with Crippen LogP contribution in [-0.2, 0) is 4.74 Å². The fraction of sp³-hybridized carbons (Fsp3) is 0.300. The molecule has 0 spiro atoms. The van der Waals surface area contributed by atoms with Gasteiger partial charge < -0.3 is 14.7 Å². The second-order valence-corrected chi connectivity index (χ2v) is 7.23. The number of carboxylic acid groups (broad SMARTS) is 1. The van der Waals surface area contributed by atoms with Crippen LogP contribution in [0.2, 0.25) is 0 Å². The first-order valence-corrected chi connectivity index (χ1v) is 9.40. The number of aromatic nitrogens is 3. The molecular formula is C20H19N5O4. The molecule has 5 rings (SSSR count). The Kier molecular flexibility index (Phi) is 3.90. The monoisotopic (exact) mass is 393 g/mol. The predicted molar refractivity (Wildman–Crippen MR) is 105 cm³/mol. The molecule has 4 heterocycles. The lowest BCUT2D eigenvalue weighted by Crippen LogP contribution is -2.52. The molecule has 0 bridgehead atoms. The molecule has 3 aromatic rings. The zero-order valence-corrected chi connectivity index (χ0v) is 15.8. The van der Waals surface area contributed by atoms with Crippen LogP contribution in [0.1, 0.15) is 16.2 Å². The van der Waals surface area contributed by atoms with Gasteiger partial charge in [0.1, 0.15) is 6.61 Å². The summed E-state index contributed by atoms with van der Waals surface area (Å²) in [6.07, 6.45) is -0.283.